The van der Waals surface area contributed by atoms with Crippen molar-refractivity contribution in [1.29, 1.82) is 0 Å². The van der Waals surface area contributed by atoms with Gasteiger partial charge in [-0.3, -0.25) is 0 Å². The molecule has 1 aliphatic rings. The average Bonchev–Trinajstić information content (AvgIpc) is 2.82. The Hall–Kier alpha value is -1.36. The molecule has 3 rings (SSSR count). The minimum atomic E-state index is -0.110. The minimum absolute atomic E-state index is 0.110. The molecule has 0 unspecified atom stereocenters. The first-order valence-electron chi connectivity index (χ1n) is 5.09. The number of rotatable bonds is 1. The van der Waals surface area contributed by atoms with Crippen molar-refractivity contribution >= 4 is 11.3 Å². The molecule has 0 aromatic carbocycles. The summed E-state index contributed by atoms with van der Waals surface area (Å²) in [6, 6.07) is 0. The summed E-state index contributed by atoms with van der Waals surface area (Å²) in [7, 11) is 0. The second-order valence-corrected chi connectivity index (χ2v) is 4.77. The van der Waals surface area contributed by atoms with Crippen molar-refractivity contribution in [2.45, 2.75) is 25.7 Å². The number of H-pyrrole nitrogens is 1. The summed E-state index contributed by atoms with van der Waals surface area (Å²) < 4.78 is 1.57. The topological polar surface area (TPSA) is 50.7 Å². The van der Waals surface area contributed by atoms with E-state index >= 15 is 0 Å². The zero-order valence-corrected chi connectivity index (χ0v) is 9.01. The second kappa shape index (κ2) is 3.34. The van der Waals surface area contributed by atoms with Crippen LogP contribution in [0.5, 0.6) is 0 Å². The monoisotopic (exact) mass is 221 g/mol. The lowest BCUT2D eigenvalue weighted by Gasteiger charge is -2.06. The maximum Gasteiger partial charge on any atom is 0.331 e. The lowest BCUT2D eigenvalue weighted by atomic mass is 10.0. The number of hydrogen-bond acceptors (Lipinski definition) is 3. The molecule has 2 aromatic rings. The van der Waals surface area contributed by atoms with Gasteiger partial charge in [-0.15, -0.1) is 11.3 Å². The van der Waals surface area contributed by atoms with Crippen molar-refractivity contribution in [3.05, 3.63) is 33.4 Å². The van der Waals surface area contributed by atoms with Crippen LogP contribution >= 0.6 is 11.3 Å². The first-order valence-corrected chi connectivity index (χ1v) is 5.91. The number of aryl methyl sites for hydroxylation is 2. The molecule has 1 aliphatic carbocycles. The predicted molar refractivity (Wildman–Crippen MR) is 58.7 cm³/mol. The highest BCUT2D eigenvalue weighted by molar-refractivity contribution is 7.14. The van der Waals surface area contributed by atoms with Crippen LogP contribution in [0.4, 0.5) is 0 Å². The number of nitrogens with one attached hydrogen (secondary N) is 1. The molecule has 0 aliphatic heterocycles. The molecular weight excluding hydrogens is 210 g/mol. The van der Waals surface area contributed by atoms with E-state index in [9.17, 15) is 4.79 Å². The number of nitrogens with zero attached hydrogens (tertiary/aromatic N) is 2. The maximum absolute atomic E-state index is 11.4. The molecule has 0 atom stereocenters. The molecule has 0 spiro atoms. The molecule has 2 heterocycles. The SMILES string of the molecule is O=c1[nH]ccn1-c1nc2c(s1)CCCC2. The number of imidazole rings is 1. The number of hydrogen-bond donors (Lipinski definition) is 1. The van der Waals surface area contributed by atoms with Gasteiger partial charge >= 0.3 is 5.69 Å². The number of aromatic nitrogens is 3. The van der Waals surface area contributed by atoms with E-state index in [0.29, 0.717) is 0 Å². The van der Waals surface area contributed by atoms with Gasteiger partial charge in [0.15, 0.2) is 5.13 Å². The van der Waals surface area contributed by atoms with Crippen molar-refractivity contribution in [3.63, 3.8) is 0 Å². The smallest absolute Gasteiger partial charge is 0.312 e. The summed E-state index contributed by atoms with van der Waals surface area (Å²) in [6.45, 7) is 0. The van der Waals surface area contributed by atoms with Crippen molar-refractivity contribution in [1.82, 2.24) is 14.5 Å². The molecule has 5 heteroatoms. The van der Waals surface area contributed by atoms with Gasteiger partial charge in [0.1, 0.15) is 0 Å². The maximum atomic E-state index is 11.4. The highest BCUT2D eigenvalue weighted by Gasteiger charge is 2.16. The molecule has 0 amide bonds. The van der Waals surface area contributed by atoms with Gasteiger partial charge in [0.05, 0.1) is 5.69 Å². The van der Waals surface area contributed by atoms with Crippen LogP contribution in [0.1, 0.15) is 23.4 Å². The number of fused-ring (bicyclic) bond motifs is 1. The van der Waals surface area contributed by atoms with Gasteiger partial charge in [-0.25, -0.2) is 14.3 Å². The fraction of sp³-hybridized carbons (Fsp3) is 0.400. The zero-order chi connectivity index (χ0) is 10.3. The molecule has 0 fully saturated rings. The molecule has 0 saturated carbocycles. The molecule has 1 N–H and O–H groups in total. The van der Waals surface area contributed by atoms with Crippen molar-refractivity contribution in [2.24, 2.45) is 0 Å². The van der Waals surface area contributed by atoms with Crippen LogP contribution < -0.4 is 5.69 Å². The first-order chi connectivity index (χ1) is 7.34. The third-order valence-corrected chi connectivity index (χ3v) is 3.85. The van der Waals surface area contributed by atoms with Crippen LogP contribution in [0, 0.1) is 0 Å². The highest BCUT2D eigenvalue weighted by Crippen LogP contribution is 2.27. The second-order valence-electron chi connectivity index (χ2n) is 3.71. The van der Waals surface area contributed by atoms with Gasteiger partial charge in [0.2, 0.25) is 0 Å². The standard InChI is InChI=1S/C10H11N3OS/c14-9-11-5-6-13(9)10-12-7-3-1-2-4-8(7)15-10/h5-6H,1-4H2,(H,11,14). The summed E-state index contributed by atoms with van der Waals surface area (Å²) in [6.07, 6.45) is 8.02. The molecule has 0 radical (unpaired) electrons. The van der Waals surface area contributed by atoms with E-state index in [1.165, 1.54) is 23.4 Å². The number of thiazole rings is 1. The fourth-order valence-electron chi connectivity index (χ4n) is 1.91. The van der Waals surface area contributed by atoms with E-state index in [-0.39, 0.29) is 5.69 Å². The van der Waals surface area contributed by atoms with Crippen molar-refractivity contribution in [3.8, 4) is 5.13 Å². The fourth-order valence-corrected chi connectivity index (χ4v) is 3.04. The third-order valence-electron chi connectivity index (χ3n) is 2.69. The van der Waals surface area contributed by atoms with Crippen LogP contribution in [-0.2, 0) is 12.8 Å². The molecule has 15 heavy (non-hydrogen) atoms. The van der Waals surface area contributed by atoms with Crippen LogP contribution in [-0.4, -0.2) is 14.5 Å². The Balaban J connectivity index is 2.10. The first kappa shape index (κ1) is 8.91. The van der Waals surface area contributed by atoms with Gasteiger partial charge in [0, 0.05) is 17.3 Å². The average molecular weight is 221 g/mol. The highest BCUT2D eigenvalue weighted by atomic mass is 32.1. The van der Waals surface area contributed by atoms with Gasteiger partial charge < -0.3 is 4.98 Å². The summed E-state index contributed by atoms with van der Waals surface area (Å²) in [5.41, 5.74) is 1.08. The molecule has 0 bridgehead atoms. The Morgan fingerprint density at radius 2 is 2.27 bits per heavy atom. The largest absolute Gasteiger partial charge is 0.331 e. The van der Waals surface area contributed by atoms with Gasteiger partial charge in [-0.1, -0.05) is 0 Å². The summed E-state index contributed by atoms with van der Waals surface area (Å²) in [4.78, 5) is 19.9. The van der Waals surface area contributed by atoms with Gasteiger partial charge in [-0.05, 0) is 25.7 Å². The van der Waals surface area contributed by atoms with E-state index in [0.717, 1.165) is 18.0 Å². The molecular formula is C10H11N3OS. The Bertz CT molecular complexity index is 513. The normalized spacial score (nSPS) is 15.2. The lowest BCUT2D eigenvalue weighted by Crippen LogP contribution is -2.13. The third kappa shape index (κ3) is 1.43. The Labute approximate surface area is 90.6 Å². The van der Waals surface area contributed by atoms with E-state index in [2.05, 4.69) is 9.97 Å². The zero-order valence-electron chi connectivity index (χ0n) is 8.19. The molecule has 2 aromatic heterocycles. The molecule has 0 saturated heterocycles. The summed E-state index contributed by atoms with van der Waals surface area (Å²) in [5.74, 6) is 0. The lowest BCUT2D eigenvalue weighted by molar-refractivity contribution is 0.681. The minimum Gasteiger partial charge on any atom is -0.312 e. The molecule has 4 nitrogen and oxygen atoms in total. The predicted octanol–water partition coefficient (Wildman–Crippen LogP) is 1.50. The van der Waals surface area contributed by atoms with Gasteiger partial charge in [0.25, 0.3) is 0 Å². The Morgan fingerprint density at radius 1 is 1.40 bits per heavy atom. The van der Waals surface area contributed by atoms with E-state index < -0.39 is 0 Å². The quantitative estimate of drug-likeness (QED) is 0.793. The van der Waals surface area contributed by atoms with Gasteiger partial charge in [-0.2, -0.15) is 0 Å². The van der Waals surface area contributed by atoms with Crippen molar-refractivity contribution in [2.75, 3.05) is 0 Å². The van der Waals surface area contributed by atoms with E-state index in [1.807, 2.05) is 0 Å². The Morgan fingerprint density at radius 3 is 3.00 bits per heavy atom. The van der Waals surface area contributed by atoms with E-state index in [4.69, 9.17) is 0 Å². The van der Waals surface area contributed by atoms with E-state index in [1.54, 1.807) is 28.3 Å². The van der Waals surface area contributed by atoms with Crippen LogP contribution in [0.15, 0.2) is 17.2 Å². The summed E-state index contributed by atoms with van der Waals surface area (Å²) in [5, 5.41) is 0.799. The number of aromatic amines is 1. The van der Waals surface area contributed by atoms with Crippen LogP contribution in [0.3, 0.4) is 0 Å². The Kier molecular flexibility index (Phi) is 1.98. The van der Waals surface area contributed by atoms with Crippen molar-refractivity contribution < 1.29 is 0 Å². The van der Waals surface area contributed by atoms with Crippen LogP contribution in [0.2, 0.25) is 0 Å². The van der Waals surface area contributed by atoms with Crippen LogP contribution in [0.25, 0.3) is 5.13 Å². The molecule has 78 valence electrons. The summed E-state index contributed by atoms with van der Waals surface area (Å²) >= 11 is 1.64.